The number of carbonyl (C=O) groups is 1. The second-order valence-electron chi connectivity index (χ2n) is 8.02. The Bertz CT molecular complexity index is 917. The van der Waals surface area contributed by atoms with Crippen LogP contribution in [0, 0.1) is 23.3 Å². The average molecular weight is 423 g/mol. The maximum Gasteiger partial charge on any atom is 0.347 e. The molecule has 0 radical (unpaired) electrons. The van der Waals surface area contributed by atoms with Crippen molar-refractivity contribution in [1.82, 2.24) is 4.90 Å². The zero-order valence-corrected chi connectivity index (χ0v) is 16.2. The van der Waals surface area contributed by atoms with Crippen LogP contribution in [0.15, 0.2) is 36.4 Å². The molecule has 2 unspecified atom stereocenters. The van der Waals surface area contributed by atoms with Crippen molar-refractivity contribution in [3.8, 4) is 0 Å². The zero-order chi connectivity index (χ0) is 21.6. The molecule has 2 atom stereocenters. The summed E-state index contributed by atoms with van der Waals surface area (Å²) in [5.41, 5.74) is -3.31. The first-order valence-electron chi connectivity index (χ1n) is 9.76. The minimum atomic E-state index is -2.63. The molecule has 0 amide bonds. The van der Waals surface area contributed by atoms with Crippen LogP contribution in [-0.4, -0.2) is 41.2 Å². The molecule has 2 fully saturated rings. The summed E-state index contributed by atoms with van der Waals surface area (Å²) < 4.78 is 60.2. The van der Waals surface area contributed by atoms with Gasteiger partial charge in [-0.1, -0.05) is 12.1 Å². The third-order valence-corrected chi connectivity index (χ3v) is 6.30. The molecule has 160 valence electrons. The van der Waals surface area contributed by atoms with Crippen LogP contribution in [-0.2, 0) is 15.1 Å². The highest BCUT2D eigenvalue weighted by atomic mass is 19.2. The zero-order valence-electron chi connectivity index (χ0n) is 16.2. The van der Waals surface area contributed by atoms with Crippen molar-refractivity contribution in [3.05, 3.63) is 70.8 Å². The topological polar surface area (TPSA) is 49.8 Å². The highest BCUT2D eigenvalue weighted by molar-refractivity contribution is 5.85. The van der Waals surface area contributed by atoms with Crippen LogP contribution in [0.25, 0.3) is 0 Å². The number of esters is 1. The number of aliphatic hydroxyl groups is 1. The first kappa shape index (κ1) is 20.8. The predicted molar refractivity (Wildman–Crippen MR) is 99.4 cm³/mol. The Balaban J connectivity index is 1.70. The van der Waals surface area contributed by atoms with Crippen LogP contribution >= 0.6 is 0 Å². The Hall–Kier alpha value is -2.45. The largest absolute Gasteiger partial charge is 0.460 e. The van der Waals surface area contributed by atoms with E-state index in [0.717, 1.165) is 37.1 Å². The lowest BCUT2D eigenvalue weighted by Crippen LogP contribution is -2.46. The summed E-state index contributed by atoms with van der Waals surface area (Å²) in [4.78, 5) is 15.4. The maximum absolute atomic E-state index is 13.9. The molecular weight excluding hydrogens is 402 g/mol. The van der Waals surface area contributed by atoms with Crippen molar-refractivity contribution >= 4 is 5.97 Å². The van der Waals surface area contributed by atoms with Gasteiger partial charge in [0.15, 0.2) is 23.3 Å². The third-order valence-electron chi connectivity index (χ3n) is 6.30. The van der Waals surface area contributed by atoms with E-state index in [2.05, 4.69) is 4.90 Å². The first-order valence-corrected chi connectivity index (χ1v) is 9.76. The lowest BCUT2D eigenvalue weighted by molar-refractivity contribution is -0.171. The Kier molecular flexibility index (Phi) is 5.32. The van der Waals surface area contributed by atoms with Gasteiger partial charge < -0.3 is 14.7 Å². The van der Waals surface area contributed by atoms with Gasteiger partial charge in [0.2, 0.25) is 5.60 Å². The van der Waals surface area contributed by atoms with E-state index in [9.17, 15) is 27.5 Å². The van der Waals surface area contributed by atoms with Gasteiger partial charge in [-0.2, -0.15) is 0 Å². The van der Waals surface area contributed by atoms with Crippen molar-refractivity contribution in [3.63, 3.8) is 0 Å². The summed E-state index contributed by atoms with van der Waals surface area (Å²) in [6, 6.07) is 5.32. The summed E-state index contributed by atoms with van der Waals surface area (Å²) in [5.74, 6) is -6.08. The summed E-state index contributed by atoms with van der Waals surface area (Å²) in [5, 5.41) is 11.3. The fourth-order valence-electron chi connectivity index (χ4n) is 4.54. The summed E-state index contributed by atoms with van der Waals surface area (Å²) in [7, 11) is 2.01. The minimum Gasteiger partial charge on any atom is -0.460 e. The fraction of sp³-hybridized carbons (Fsp3) is 0.409. The molecule has 2 aliphatic rings. The van der Waals surface area contributed by atoms with Gasteiger partial charge in [0.25, 0.3) is 0 Å². The second-order valence-corrected chi connectivity index (χ2v) is 8.02. The van der Waals surface area contributed by atoms with Gasteiger partial charge in [0, 0.05) is 23.2 Å². The van der Waals surface area contributed by atoms with E-state index < -0.39 is 40.9 Å². The standard InChI is InChI=1S/C22H21F4NO3/c1-27-14-4-5-15(27)11-16(10-14)30-21(28)22(29,12-2-6-17(23)19(25)8-12)13-3-7-18(24)20(26)9-13/h2-3,6-9,14-16,29H,4-5,10-11H2,1H3. The maximum atomic E-state index is 13.9. The SMILES string of the molecule is CN1C2CCC1CC(OC(=O)C(O)(c1ccc(F)c(F)c1)c1ccc(F)c(F)c1)C2. The highest BCUT2D eigenvalue weighted by Crippen LogP contribution is 2.38. The molecule has 2 saturated heterocycles. The van der Waals surface area contributed by atoms with Gasteiger partial charge in [0.1, 0.15) is 6.10 Å². The lowest BCUT2D eigenvalue weighted by atomic mass is 9.86. The fourth-order valence-corrected chi connectivity index (χ4v) is 4.54. The molecule has 0 spiro atoms. The first-order chi connectivity index (χ1) is 14.2. The molecule has 4 nitrogen and oxygen atoms in total. The van der Waals surface area contributed by atoms with E-state index in [1.165, 1.54) is 0 Å². The molecule has 2 aromatic rings. The van der Waals surface area contributed by atoms with Crippen molar-refractivity contribution in [2.24, 2.45) is 0 Å². The molecule has 8 heteroatoms. The summed E-state index contributed by atoms with van der Waals surface area (Å²) in [6.45, 7) is 0. The Morgan fingerprint density at radius 1 is 0.933 bits per heavy atom. The summed E-state index contributed by atoms with van der Waals surface area (Å²) >= 11 is 0. The molecule has 2 aliphatic heterocycles. The Morgan fingerprint density at radius 2 is 1.40 bits per heavy atom. The van der Waals surface area contributed by atoms with Gasteiger partial charge in [-0.15, -0.1) is 0 Å². The van der Waals surface area contributed by atoms with Crippen molar-refractivity contribution in [2.45, 2.75) is 49.5 Å². The van der Waals surface area contributed by atoms with Crippen LogP contribution in [0.3, 0.4) is 0 Å². The number of benzene rings is 2. The van der Waals surface area contributed by atoms with E-state index in [4.69, 9.17) is 4.74 Å². The van der Waals surface area contributed by atoms with Crippen LogP contribution in [0.5, 0.6) is 0 Å². The minimum absolute atomic E-state index is 0.251. The molecule has 2 aromatic carbocycles. The molecule has 0 aromatic heterocycles. The molecule has 4 rings (SSSR count). The van der Waals surface area contributed by atoms with Crippen molar-refractivity contribution < 1.29 is 32.2 Å². The molecule has 2 bridgehead atoms. The van der Waals surface area contributed by atoms with Crippen LogP contribution in [0.1, 0.15) is 36.8 Å². The molecular formula is C22H21F4NO3. The molecule has 2 heterocycles. The number of rotatable bonds is 4. The molecule has 30 heavy (non-hydrogen) atoms. The van der Waals surface area contributed by atoms with Crippen LogP contribution < -0.4 is 0 Å². The number of fused-ring (bicyclic) bond motifs is 2. The number of halogens is 4. The number of hydrogen-bond donors (Lipinski definition) is 1. The van der Waals surface area contributed by atoms with Gasteiger partial charge in [0.05, 0.1) is 0 Å². The lowest BCUT2D eigenvalue weighted by Gasteiger charge is -2.37. The van der Waals surface area contributed by atoms with E-state index >= 15 is 0 Å². The van der Waals surface area contributed by atoms with E-state index in [0.29, 0.717) is 25.0 Å². The quantitative estimate of drug-likeness (QED) is 0.603. The average Bonchev–Trinajstić information content (AvgIpc) is 2.91. The molecule has 0 saturated carbocycles. The van der Waals surface area contributed by atoms with Gasteiger partial charge in [-0.3, -0.25) is 0 Å². The smallest absolute Gasteiger partial charge is 0.347 e. The molecule has 0 aliphatic carbocycles. The molecule has 1 N–H and O–H groups in total. The Labute approximate surface area is 171 Å². The van der Waals surface area contributed by atoms with Gasteiger partial charge in [-0.05, 0) is 57.0 Å². The monoisotopic (exact) mass is 423 g/mol. The second kappa shape index (κ2) is 7.67. The van der Waals surface area contributed by atoms with E-state index in [1.807, 2.05) is 7.05 Å². The number of hydrogen-bond acceptors (Lipinski definition) is 4. The number of ether oxygens (including phenoxy) is 1. The summed E-state index contributed by atoms with van der Waals surface area (Å²) in [6.07, 6.45) is 2.63. The number of carbonyl (C=O) groups excluding carboxylic acids is 1. The van der Waals surface area contributed by atoms with Gasteiger partial charge >= 0.3 is 5.97 Å². The van der Waals surface area contributed by atoms with Crippen LogP contribution in [0.2, 0.25) is 0 Å². The highest BCUT2D eigenvalue weighted by Gasteiger charge is 2.46. The number of piperidine rings is 1. The van der Waals surface area contributed by atoms with Crippen molar-refractivity contribution in [2.75, 3.05) is 7.05 Å². The van der Waals surface area contributed by atoms with E-state index in [1.54, 1.807) is 0 Å². The predicted octanol–water partition coefficient (Wildman–Crippen LogP) is 3.65. The number of nitrogens with zero attached hydrogens (tertiary/aromatic N) is 1. The third kappa shape index (κ3) is 3.48. The Morgan fingerprint density at radius 3 is 1.83 bits per heavy atom. The van der Waals surface area contributed by atoms with E-state index in [-0.39, 0.29) is 23.2 Å². The van der Waals surface area contributed by atoms with Gasteiger partial charge in [-0.25, -0.2) is 22.4 Å². The van der Waals surface area contributed by atoms with Crippen LogP contribution in [0.4, 0.5) is 17.6 Å². The van der Waals surface area contributed by atoms with Crippen molar-refractivity contribution in [1.29, 1.82) is 0 Å². The normalized spacial score (nSPS) is 24.1.